The second-order valence-corrected chi connectivity index (χ2v) is 9.60. The lowest BCUT2D eigenvalue weighted by molar-refractivity contribution is 0.0926. The van der Waals surface area contributed by atoms with Gasteiger partial charge in [-0.2, -0.15) is 0 Å². The predicted molar refractivity (Wildman–Crippen MR) is 116 cm³/mol. The molecule has 31 heavy (non-hydrogen) atoms. The van der Waals surface area contributed by atoms with Crippen molar-refractivity contribution in [1.82, 2.24) is 10.0 Å². The number of carbonyl (C=O) groups excluding carboxylic acids is 2. The zero-order chi connectivity index (χ0) is 22.6. The molecule has 0 atom stereocenters. The molecule has 0 unspecified atom stereocenters. The number of amides is 2. The van der Waals surface area contributed by atoms with E-state index in [0.29, 0.717) is 0 Å². The molecule has 1 fully saturated rings. The van der Waals surface area contributed by atoms with Gasteiger partial charge in [0.25, 0.3) is 11.8 Å². The summed E-state index contributed by atoms with van der Waals surface area (Å²) in [5.41, 5.74) is -0.0269. The summed E-state index contributed by atoms with van der Waals surface area (Å²) >= 11 is 6.17. The second kappa shape index (κ2) is 9.76. The molecule has 10 heteroatoms. The summed E-state index contributed by atoms with van der Waals surface area (Å²) in [5.74, 6) is -2.08. The number of hydrogen-bond donors (Lipinski definition) is 3. The van der Waals surface area contributed by atoms with Crippen LogP contribution in [0.4, 0.5) is 10.1 Å². The smallest absolute Gasteiger partial charge is 0.258 e. The van der Waals surface area contributed by atoms with Crippen molar-refractivity contribution < 1.29 is 22.4 Å². The maximum atomic E-state index is 14.2. The number of sulfonamides is 1. The van der Waals surface area contributed by atoms with E-state index in [2.05, 4.69) is 15.4 Å². The van der Waals surface area contributed by atoms with Gasteiger partial charge in [0.05, 0.1) is 21.0 Å². The molecule has 2 aromatic rings. The first-order valence-electron chi connectivity index (χ1n) is 9.86. The Labute approximate surface area is 185 Å². The lowest BCUT2D eigenvalue weighted by atomic mass is 9.95. The Morgan fingerprint density at radius 1 is 1.00 bits per heavy atom. The number of carbonyl (C=O) groups is 2. The minimum Gasteiger partial charge on any atom is -0.349 e. The molecular formula is C21H23ClFN3O4S. The molecule has 0 radical (unpaired) electrons. The average Bonchev–Trinajstić information content (AvgIpc) is 2.75. The maximum absolute atomic E-state index is 14.2. The molecule has 1 aliphatic rings. The highest BCUT2D eigenvalue weighted by Gasteiger charge is 2.21. The monoisotopic (exact) mass is 467 g/mol. The van der Waals surface area contributed by atoms with E-state index in [4.69, 9.17) is 11.6 Å². The molecule has 0 aliphatic heterocycles. The van der Waals surface area contributed by atoms with Crippen LogP contribution in [0.15, 0.2) is 41.3 Å². The zero-order valence-corrected chi connectivity index (χ0v) is 18.4. The number of hydrogen-bond acceptors (Lipinski definition) is 4. The normalized spacial score (nSPS) is 14.8. The van der Waals surface area contributed by atoms with Gasteiger partial charge in [0, 0.05) is 11.7 Å². The summed E-state index contributed by atoms with van der Waals surface area (Å²) in [6.45, 7) is 0. The molecule has 0 heterocycles. The highest BCUT2D eigenvalue weighted by atomic mass is 35.5. The summed E-state index contributed by atoms with van der Waals surface area (Å²) in [5, 5.41) is 5.67. The van der Waals surface area contributed by atoms with E-state index in [9.17, 15) is 22.4 Å². The van der Waals surface area contributed by atoms with Gasteiger partial charge in [0.2, 0.25) is 10.0 Å². The Morgan fingerprint density at radius 2 is 1.71 bits per heavy atom. The Balaban J connectivity index is 1.80. The standard InChI is InChI=1S/C21H23ClFN3O4S/c1-24-31(29,30)15-8-10-19(23)17(12-15)21(28)26-14-7-9-18(22)16(11-14)20(27)25-13-5-3-2-4-6-13/h7-13,24H,2-6H2,1H3,(H,25,27)(H,26,28). The Kier molecular flexibility index (Phi) is 7.30. The van der Waals surface area contributed by atoms with Crippen molar-refractivity contribution in [3.63, 3.8) is 0 Å². The molecule has 0 saturated heterocycles. The predicted octanol–water partition coefficient (Wildman–Crippen LogP) is 3.70. The highest BCUT2D eigenvalue weighted by Crippen LogP contribution is 2.24. The Hall–Kier alpha value is -2.49. The van der Waals surface area contributed by atoms with Crippen molar-refractivity contribution in [1.29, 1.82) is 0 Å². The van der Waals surface area contributed by atoms with Gasteiger partial charge in [-0.3, -0.25) is 9.59 Å². The van der Waals surface area contributed by atoms with Crippen molar-refractivity contribution >= 4 is 39.1 Å². The number of benzene rings is 2. The average molecular weight is 468 g/mol. The third-order valence-corrected chi connectivity index (χ3v) is 6.91. The molecule has 7 nitrogen and oxygen atoms in total. The van der Waals surface area contributed by atoms with E-state index in [1.165, 1.54) is 25.2 Å². The topological polar surface area (TPSA) is 104 Å². The maximum Gasteiger partial charge on any atom is 0.258 e. The van der Waals surface area contributed by atoms with E-state index in [0.717, 1.165) is 50.3 Å². The highest BCUT2D eigenvalue weighted by molar-refractivity contribution is 7.89. The number of nitrogens with one attached hydrogen (secondary N) is 3. The molecule has 166 valence electrons. The van der Waals surface area contributed by atoms with Gasteiger partial charge < -0.3 is 10.6 Å². The van der Waals surface area contributed by atoms with Crippen molar-refractivity contribution in [2.75, 3.05) is 12.4 Å². The van der Waals surface area contributed by atoms with Gasteiger partial charge in [0.15, 0.2) is 0 Å². The molecule has 0 bridgehead atoms. The Morgan fingerprint density at radius 3 is 2.39 bits per heavy atom. The molecule has 3 rings (SSSR count). The zero-order valence-electron chi connectivity index (χ0n) is 16.9. The lowest BCUT2D eigenvalue weighted by Crippen LogP contribution is -2.36. The van der Waals surface area contributed by atoms with Gasteiger partial charge in [-0.05, 0) is 56.3 Å². The van der Waals surface area contributed by atoms with Crippen LogP contribution in [-0.4, -0.2) is 33.3 Å². The number of anilines is 1. The molecule has 2 aromatic carbocycles. The lowest BCUT2D eigenvalue weighted by Gasteiger charge is -2.23. The van der Waals surface area contributed by atoms with E-state index in [1.807, 2.05) is 0 Å². The summed E-state index contributed by atoms with van der Waals surface area (Å²) in [4.78, 5) is 25.0. The van der Waals surface area contributed by atoms with Crippen molar-refractivity contribution in [2.45, 2.75) is 43.0 Å². The fraction of sp³-hybridized carbons (Fsp3) is 0.333. The van der Waals surface area contributed by atoms with Crippen molar-refractivity contribution in [3.8, 4) is 0 Å². The SMILES string of the molecule is CNS(=O)(=O)c1ccc(F)c(C(=O)Nc2ccc(Cl)c(C(=O)NC3CCCCC3)c2)c1. The first kappa shape index (κ1) is 23.2. The molecular weight excluding hydrogens is 445 g/mol. The molecule has 3 N–H and O–H groups in total. The van der Waals surface area contributed by atoms with Gasteiger partial charge >= 0.3 is 0 Å². The van der Waals surface area contributed by atoms with Crippen LogP contribution in [-0.2, 0) is 10.0 Å². The fourth-order valence-corrected chi connectivity index (χ4v) is 4.41. The number of halogens is 2. The van der Waals surface area contributed by atoms with E-state index < -0.39 is 27.3 Å². The second-order valence-electron chi connectivity index (χ2n) is 7.31. The van der Waals surface area contributed by atoms with Crippen LogP contribution >= 0.6 is 11.6 Å². The van der Waals surface area contributed by atoms with E-state index in [1.54, 1.807) is 0 Å². The van der Waals surface area contributed by atoms with Gasteiger partial charge in [-0.25, -0.2) is 17.5 Å². The largest absolute Gasteiger partial charge is 0.349 e. The third-order valence-electron chi connectivity index (χ3n) is 5.17. The first-order valence-corrected chi connectivity index (χ1v) is 11.7. The van der Waals surface area contributed by atoms with Gasteiger partial charge in [0.1, 0.15) is 5.82 Å². The van der Waals surface area contributed by atoms with Crippen LogP contribution in [0.5, 0.6) is 0 Å². The Bertz CT molecular complexity index is 1100. The molecule has 0 spiro atoms. The van der Waals surface area contributed by atoms with E-state index in [-0.39, 0.29) is 33.1 Å². The van der Waals surface area contributed by atoms with E-state index >= 15 is 0 Å². The van der Waals surface area contributed by atoms with Crippen LogP contribution in [0.25, 0.3) is 0 Å². The molecule has 1 saturated carbocycles. The fourth-order valence-electron chi connectivity index (χ4n) is 3.45. The minimum absolute atomic E-state index is 0.0847. The molecule has 0 aromatic heterocycles. The van der Waals surface area contributed by atoms with Gasteiger partial charge in [-0.1, -0.05) is 30.9 Å². The first-order chi connectivity index (χ1) is 14.7. The van der Waals surface area contributed by atoms with Crippen molar-refractivity contribution in [2.24, 2.45) is 0 Å². The van der Waals surface area contributed by atoms with Gasteiger partial charge in [-0.15, -0.1) is 0 Å². The number of rotatable bonds is 6. The summed E-state index contributed by atoms with van der Waals surface area (Å²) in [6.07, 6.45) is 5.09. The van der Waals surface area contributed by atoms with Crippen LogP contribution in [0.2, 0.25) is 5.02 Å². The van der Waals surface area contributed by atoms with Crippen LogP contribution < -0.4 is 15.4 Å². The van der Waals surface area contributed by atoms with Crippen LogP contribution in [0, 0.1) is 5.82 Å². The third kappa shape index (κ3) is 5.61. The van der Waals surface area contributed by atoms with Crippen LogP contribution in [0.3, 0.4) is 0 Å². The summed E-state index contributed by atoms with van der Waals surface area (Å²) in [6, 6.07) is 7.35. The minimum atomic E-state index is -3.85. The molecule has 2 amide bonds. The summed E-state index contributed by atoms with van der Waals surface area (Å²) in [7, 11) is -2.63. The van der Waals surface area contributed by atoms with Crippen LogP contribution in [0.1, 0.15) is 52.8 Å². The quantitative estimate of drug-likeness (QED) is 0.602. The van der Waals surface area contributed by atoms with Crippen molar-refractivity contribution in [3.05, 3.63) is 58.4 Å². The molecule has 1 aliphatic carbocycles. The summed E-state index contributed by atoms with van der Waals surface area (Å²) < 4.78 is 40.2.